The Morgan fingerprint density at radius 1 is 1.25 bits per heavy atom. The normalized spacial score (nSPS) is 10.4. The summed E-state index contributed by atoms with van der Waals surface area (Å²) < 4.78 is 1.13. The highest BCUT2D eigenvalue weighted by atomic mass is 79.9. The Morgan fingerprint density at radius 3 is 2.56 bits per heavy atom. The summed E-state index contributed by atoms with van der Waals surface area (Å²) in [5, 5.41) is 1.17. The molecule has 1 heterocycles. The standard InChI is InChI=1S/C12H13BrN2S/c1-8-3-4-10(9(14)7-8)15(2)12-6-5-11(13)16-12/h3-7H,14H2,1-2H3. The van der Waals surface area contributed by atoms with Crippen LogP contribution in [0.3, 0.4) is 0 Å². The summed E-state index contributed by atoms with van der Waals surface area (Å²) in [7, 11) is 2.03. The molecule has 0 saturated carbocycles. The van der Waals surface area contributed by atoms with Crippen molar-refractivity contribution in [1.82, 2.24) is 0 Å². The van der Waals surface area contributed by atoms with Gasteiger partial charge in [0, 0.05) is 7.05 Å². The van der Waals surface area contributed by atoms with Crippen molar-refractivity contribution in [3.05, 3.63) is 39.7 Å². The zero-order valence-corrected chi connectivity index (χ0v) is 11.6. The minimum Gasteiger partial charge on any atom is -0.397 e. The largest absolute Gasteiger partial charge is 0.397 e. The molecule has 0 aliphatic carbocycles. The van der Waals surface area contributed by atoms with E-state index in [1.807, 2.05) is 26.1 Å². The number of hydrogen-bond donors (Lipinski definition) is 1. The summed E-state index contributed by atoms with van der Waals surface area (Å²) >= 11 is 5.15. The lowest BCUT2D eigenvalue weighted by Crippen LogP contribution is -2.10. The number of nitrogens with two attached hydrogens (primary N) is 1. The SMILES string of the molecule is Cc1ccc(N(C)c2ccc(Br)s2)c(N)c1. The van der Waals surface area contributed by atoms with E-state index >= 15 is 0 Å². The van der Waals surface area contributed by atoms with E-state index in [9.17, 15) is 0 Å². The van der Waals surface area contributed by atoms with Crippen molar-refractivity contribution in [2.45, 2.75) is 6.92 Å². The van der Waals surface area contributed by atoms with E-state index in [-0.39, 0.29) is 0 Å². The molecule has 2 rings (SSSR count). The maximum atomic E-state index is 6.02. The van der Waals surface area contributed by atoms with Crippen LogP contribution in [0.5, 0.6) is 0 Å². The molecule has 0 saturated heterocycles. The first-order valence-corrected chi connectivity index (χ1v) is 6.54. The number of nitrogens with zero attached hydrogens (tertiary/aromatic N) is 1. The van der Waals surface area contributed by atoms with Crippen LogP contribution in [0.25, 0.3) is 0 Å². The fourth-order valence-corrected chi connectivity index (χ4v) is 2.92. The average molecular weight is 297 g/mol. The summed E-state index contributed by atoms with van der Waals surface area (Å²) in [6.45, 7) is 2.04. The number of hydrogen-bond acceptors (Lipinski definition) is 3. The molecule has 0 spiro atoms. The van der Waals surface area contributed by atoms with Gasteiger partial charge in [-0.15, -0.1) is 11.3 Å². The van der Waals surface area contributed by atoms with Crippen LogP contribution in [0.4, 0.5) is 16.4 Å². The summed E-state index contributed by atoms with van der Waals surface area (Å²) in [6.07, 6.45) is 0. The van der Waals surface area contributed by atoms with Crippen molar-refractivity contribution in [2.24, 2.45) is 0 Å². The Morgan fingerprint density at radius 2 is 2.00 bits per heavy atom. The molecule has 0 aliphatic rings. The number of anilines is 3. The smallest absolute Gasteiger partial charge is 0.0962 e. The van der Waals surface area contributed by atoms with Crippen LogP contribution >= 0.6 is 27.3 Å². The third-order valence-electron chi connectivity index (χ3n) is 2.43. The first kappa shape index (κ1) is 11.5. The molecule has 2 nitrogen and oxygen atoms in total. The molecular weight excluding hydrogens is 284 g/mol. The van der Waals surface area contributed by atoms with Crippen LogP contribution in [-0.4, -0.2) is 7.05 Å². The first-order chi connectivity index (χ1) is 7.58. The van der Waals surface area contributed by atoms with Crippen LogP contribution in [0.1, 0.15) is 5.56 Å². The summed E-state index contributed by atoms with van der Waals surface area (Å²) in [5.41, 5.74) is 9.05. The zero-order chi connectivity index (χ0) is 11.7. The van der Waals surface area contributed by atoms with Gasteiger partial charge in [0.1, 0.15) is 0 Å². The maximum Gasteiger partial charge on any atom is 0.0962 e. The van der Waals surface area contributed by atoms with Crippen molar-refractivity contribution in [3.8, 4) is 0 Å². The van der Waals surface area contributed by atoms with Crippen LogP contribution in [-0.2, 0) is 0 Å². The van der Waals surface area contributed by atoms with Gasteiger partial charge < -0.3 is 10.6 Å². The molecular formula is C12H13BrN2S. The Labute approximate surface area is 108 Å². The highest BCUT2D eigenvalue weighted by Gasteiger charge is 2.09. The third kappa shape index (κ3) is 2.23. The highest BCUT2D eigenvalue weighted by molar-refractivity contribution is 9.11. The number of nitrogen functional groups attached to an aromatic ring is 1. The Bertz CT molecular complexity index is 507. The molecule has 16 heavy (non-hydrogen) atoms. The molecule has 0 amide bonds. The minimum absolute atomic E-state index is 0.812. The molecule has 0 unspecified atom stereocenters. The molecule has 1 aromatic carbocycles. The molecule has 4 heteroatoms. The van der Waals surface area contributed by atoms with Crippen LogP contribution in [0.15, 0.2) is 34.1 Å². The van der Waals surface area contributed by atoms with Gasteiger partial charge in [0.15, 0.2) is 0 Å². The quantitative estimate of drug-likeness (QED) is 0.843. The van der Waals surface area contributed by atoms with Crippen molar-refractivity contribution < 1.29 is 0 Å². The van der Waals surface area contributed by atoms with Crippen molar-refractivity contribution in [2.75, 3.05) is 17.7 Å². The van der Waals surface area contributed by atoms with Crippen LogP contribution in [0, 0.1) is 6.92 Å². The Kier molecular flexibility index (Phi) is 3.21. The second-order valence-electron chi connectivity index (χ2n) is 3.70. The van der Waals surface area contributed by atoms with Gasteiger partial charge >= 0.3 is 0 Å². The molecule has 0 bridgehead atoms. The predicted octanol–water partition coefficient (Wildman–Crippen LogP) is 4.17. The lowest BCUT2D eigenvalue weighted by Gasteiger charge is -2.19. The number of halogens is 1. The molecule has 84 valence electrons. The van der Waals surface area contributed by atoms with E-state index in [0.29, 0.717) is 0 Å². The molecule has 1 aromatic heterocycles. The Balaban J connectivity index is 2.37. The fraction of sp³-hybridized carbons (Fsp3) is 0.167. The topological polar surface area (TPSA) is 29.3 Å². The van der Waals surface area contributed by atoms with Gasteiger partial charge in [-0.1, -0.05) is 6.07 Å². The lowest BCUT2D eigenvalue weighted by molar-refractivity contribution is 1.24. The van der Waals surface area contributed by atoms with Gasteiger partial charge in [-0.3, -0.25) is 0 Å². The number of thiophene rings is 1. The monoisotopic (exact) mass is 296 g/mol. The van der Waals surface area contributed by atoms with Gasteiger partial charge in [0.25, 0.3) is 0 Å². The van der Waals surface area contributed by atoms with Crippen molar-refractivity contribution in [1.29, 1.82) is 0 Å². The van der Waals surface area contributed by atoms with Gasteiger partial charge in [-0.2, -0.15) is 0 Å². The minimum atomic E-state index is 0.812. The van der Waals surface area contributed by atoms with Crippen LogP contribution < -0.4 is 10.6 Å². The van der Waals surface area contributed by atoms with Crippen LogP contribution in [0.2, 0.25) is 0 Å². The van der Waals surface area contributed by atoms with E-state index in [1.54, 1.807) is 11.3 Å². The van der Waals surface area contributed by atoms with Gasteiger partial charge in [0.05, 0.1) is 20.2 Å². The summed E-state index contributed by atoms with van der Waals surface area (Å²) in [6, 6.07) is 10.2. The van der Waals surface area contributed by atoms with Crippen molar-refractivity contribution >= 4 is 43.6 Å². The second kappa shape index (κ2) is 4.47. The average Bonchev–Trinajstić information content (AvgIpc) is 2.64. The van der Waals surface area contributed by atoms with E-state index < -0.39 is 0 Å². The van der Waals surface area contributed by atoms with E-state index in [2.05, 4.69) is 39.0 Å². The number of benzene rings is 1. The molecule has 0 atom stereocenters. The van der Waals surface area contributed by atoms with E-state index in [4.69, 9.17) is 5.73 Å². The molecule has 2 aromatic rings. The van der Waals surface area contributed by atoms with Crippen molar-refractivity contribution in [3.63, 3.8) is 0 Å². The number of aryl methyl sites for hydroxylation is 1. The van der Waals surface area contributed by atoms with Gasteiger partial charge in [-0.25, -0.2) is 0 Å². The Hall–Kier alpha value is -1.000. The molecule has 2 N–H and O–H groups in total. The van der Waals surface area contributed by atoms with Gasteiger partial charge in [0.2, 0.25) is 0 Å². The summed E-state index contributed by atoms with van der Waals surface area (Å²) in [5.74, 6) is 0. The molecule has 0 aliphatic heterocycles. The molecule has 0 radical (unpaired) electrons. The first-order valence-electron chi connectivity index (χ1n) is 4.93. The predicted molar refractivity (Wildman–Crippen MR) is 75.7 cm³/mol. The highest BCUT2D eigenvalue weighted by Crippen LogP contribution is 2.35. The maximum absolute atomic E-state index is 6.02. The number of rotatable bonds is 2. The third-order valence-corrected chi connectivity index (χ3v) is 4.13. The zero-order valence-electron chi connectivity index (χ0n) is 9.20. The molecule has 0 fully saturated rings. The van der Waals surface area contributed by atoms with Gasteiger partial charge in [-0.05, 0) is 52.7 Å². The fourth-order valence-electron chi connectivity index (χ4n) is 1.58. The second-order valence-corrected chi connectivity index (χ2v) is 6.14. The van der Waals surface area contributed by atoms with E-state index in [1.165, 1.54) is 10.6 Å². The lowest BCUT2D eigenvalue weighted by atomic mass is 10.2. The summed E-state index contributed by atoms with van der Waals surface area (Å²) in [4.78, 5) is 2.10. The van der Waals surface area contributed by atoms with E-state index in [0.717, 1.165) is 15.2 Å².